The van der Waals surface area contributed by atoms with E-state index in [9.17, 15) is 0 Å². The van der Waals surface area contributed by atoms with E-state index in [1.165, 1.54) is 66.3 Å². The molecule has 0 atom stereocenters. The fraction of sp³-hybridized carbons (Fsp3) is 0. The van der Waals surface area contributed by atoms with Gasteiger partial charge in [0.1, 0.15) is 0 Å². The van der Waals surface area contributed by atoms with Crippen molar-refractivity contribution in [2.75, 3.05) is 0 Å². The van der Waals surface area contributed by atoms with Gasteiger partial charge in [-0.25, -0.2) is 0 Å². The summed E-state index contributed by atoms with van der Waals surface area (Å²) >= 11 is 0. The molecule has 0 saturated heterocycles. The standard InChI is InChI=1S/C39H24N2/c1-2-12-26-25(11-1)27-13-3-5-15-29(27)33-23-35-36(24-34(33)30-16-6-4-14-28(26)30)40-22-21-39(35)41-37-19-9-7-17-31(37)32-18-8-10-20-38(32)41/h1-24H. The molecule has 2 heteroatoms. The van der Waals surface area contributed by atoms with Crippen LogP contribution in [-0.2, 0) is 0 Å². The third-order valence-corrected chi connectivity index (χ3v) is 8.62. The molecule has 0 saturated carbocycles. The smallest absolute Gasteiger partial charge is 0.0729 e. The molecule has 0 spiro atoms. The van der Waals surface area contributed by atoms with E-state index in [2.05, 4.69) is 144 Å². The van der Waals surface area contributed by atoms with Crippen molar-refractivity contribution in [2.24, 2.45) is 0 Å². The van der Waals surface area contributed by atoms with E-state index in [1.54, 1.807) is 0 Å². The van der Waals surface area contributed by atoms with Crippen molar-refractivity contribution >= 4 is 32.7 Å². The topological polar surface area (TPSA) is 17.8 Å². The molecule has 1 aliphatic carbocycles. The lowest BCUT2D eigenvalue weighted by Gasteiger charge is -2.24. The average Bonchev–Trinajstić information content (AvgIpc) is 3.37. The number of rotatable bonds is 1. The number of hydrogen-bond donors (Lipinski definition) is 0. The molecule has 6 aromatic carbocycles. The molecule has 0 radical (unpaired) electrons. The van der Waals surface area contributed by atoms with Crippen LogP contribution in [0.3, 0.4) is 0 Å². The molecule has 1 aliphatic rings. The van der Waals surface area contributed by atoms with E-state index >= 15 is 0 Å². The minimum atomic E-state index is 0.990. The highest BCUT2D eigenvalue weighted by atomic mass is 15.0. The highest BCUT2D eigenvalue weighted by molar-refractivity contribution is 6.12. The number of para-hydroxylation sites is 2. The normalized spacial score (nSPS) is 11.9. The summed E-state index contributed by atoms with van der Waals surface area (Å²) < 4.78 is 2.40. The SMILES string of the molecule is c1ccc2c(c1)-c1ccccc1-c1cc3nccc(-n4c5ccccc5c5ccccc54)c3cc1-c1ccccc1-2. The Morgan fingerprint density at radius 2 is 0.780 bits per heavy atom. The number of aromatic nitrogens is 2. The summed E-state index contributed by atoms with van der Waals surface area (Å²) in [5, 5.41) is 3.66. The minimum Gasteiger partial charge on any atom is -0.309 e. The van der Waals surface area contributed by atoms with Crippen LogP contribution in [0.25, 0.3) is 82.9 Å². The Hall–Kier alpha value is -5.47. The highest BCUT2D eigenvalue weighted by Crippen LogP contribution is 2.49. The lowest BCUT2D eigenvalue weighted by molar-refractivity contribution is 1.18. The maximum Gasteiger partial charge on any atom is 0.0729 e. The molecule has 8 aromatic rings. The second-order valence-electron chi connectivity index (χ2n) is 10.8. The third kappa shape index (κ3) is 3.16. The predicted molar refractivity (Wildman–Crippen MR) is 171 cm³/mol. The Kier molecular flexibility index (Phi) is 4.64. The van der Waals surface area contributed by atoms with Gasteiger partial charge in [-0.15, -0.1) is 0 Å². The third-order valence-electron chi connectivity index (χ3n) is 8.62. The molecule has 0 amide bonds. The van der Waals surface area contributed by atoms with E-state index < -0.39 is 0 Å². The van der Waals surface area contributed by atoms with Crippen LogP contribution in [0.2, 0.25) is 0 Å². The molecular formula is C39H24N2. The van der Waals surface area contributed by atoms with Gasteiger partial charge in [-0.2, -0.15) is 0 Å². The highest BCUT2D eigenvalue weighted by Gasteiger charge is 2.23. The van der Waals surface area contributed by atoms with E-state index in [0.29, 0.717) is 0 Å². The van der Waals surface area contributed by atoms with Crippen LogP contribution in [0.4, 0.5) is 0 Å². The second-order valence-corrected chi connectivity index (χ2v) is 10.8. The molecule has 2 aromatic heterocycles. The molecule has 9 rings (SSSR count). The van der Waals surface area contributed by atoms with Crippen LogP contribution in [0.1, 0.15) is 0 Å². The first-order valence-electron chi connectivity index (χ1n) is 14.1. The van der Waals surface area contributed by atoms with Gasteiger partial charge in [0, 0.05) is 22.4 Å². The van der Waals surface area contributed by atoms with Gasteiger partial charge in [0.15, 0.2) is 0 Å². The van der Waals surface area contributed by atoms with Gasteiger partial charge in [-0.05, 0) is 74.8 Å². The maximum absolute atomic E-state index is 4.93. The monoisotopic (exact) mass is 520 g/mol. The lowest BCUT2D eigenvalue weighted by Crippen LogP contribution is -2.00. The Morgan fingerprint density at radius 1 is 0.366 bits per heavy atom. The largest absolute Gasteiger partial charge is 0.309 e. The Balaban J connectivity index is 1.43. The van der Waals surface area contributed by atoms with Gasteiger partial charge in [0.2, 0.25) is 0 Å². The zero-order chi connectivity index (χ0) is 26.9. The van der Waals surface area contributed by atoms with Crippen LogP contribution >= 0.6 is 0 Å². The van der Waals surface area contributed by atoms with Gasteiger partial charge in [-0.3, -0.25) is 4.98 Å². The first kappa shape index (κ1) is 22.4. The average molecular weight is 521 g/mol. The van der Waals surface area contributed by atoms with Crippen molar-refractivity contribution < 1.29 is 0 Å². The number of pyridine rings is 1. The fourth-order valence-electron chi connectivity index (χ4n) is 6.86. The van der Waals surface area contributed by atoms with Crippen LogP contribution in [0, 0.1) is 0 Å². The first-order valence-corrected chi connectivity index (χ1v) is 14.1. The quantitative estimate of drug-likeness (QED) is 0.210. The van der Waals surface area contributed by atoms with Crippen LogP contribution < -0.4 is 0 Å². The molecular weight excluding hydrogens is 496 g/mol. The van der Waals surface area contributed by atoms with E-state index in [1.807, 2.05) is 6.20 Å². The van der Waals surface area contributed by atoms with Crippen molar-refractivity contribution in [2.45, 2.75) is 0 Å². The number of nitrogens with zero attached hydrogens (tertiary/aromatic N) is 2. The molecule has 0 unspecified atom stereocenters. The number of benzene rings is 6. The first-order chi connectivity index (χ1) is 20.4. The predicted octanol–water partition coefficient (Wildman–Crippen LogP) is 10.3. The van der Waals surface area contributed by atoms with Gasteiger partial charge >= 0.3 is 0 Å². The van der Waals surface area contributed by atoms with Gasteiger partial charge in [-0.1, -0.05) is 109 Å². The van der Waals surface area contributed by atoms with E-state index in [0.717, 1.165) is 16.6 Å². The zero-order valence-corrected chi connectivity index (χ0v) is 22.3. The molecule has 2 nitrogen and oxygen atoms in total. The minimum absolute atomic E-state index is 0.990. The Labute approximate surface area is 237 Å². The zero-order valence-electron chi connectivity index (χ0n) is 22.3. The van der Waals surface area contributed by atoms with Crippen molar-refractivity contribution in [3.8, 4) is 50.2 Å². The summed E-state index contributed by atoms with van der Waals surface area (Å²) in [5.41, 5.74) is 14.5. The summed E-state index contributed by atoms with van der Waals surface area (Å²) in [6, 6.07) is 50.6. The summed E-state index contributed by atoms with van der Waals surface area (Å²) in [6.45, 7) is 0. The van der Waals surface area contributed by atoms with Gasteiger partial charge in [0.25, 0.3) is 0 Å². The van der Waals surface area contributed by atoms with Gasteiger partial charge < -0.3 is 4.57 Å². The van der Waals surface area contributed by atoms with Crippen LogP contribution in [-0.4, -0.2) is 9.55 Å². The molecule has 0 aliphatic heterocycles. The second kappa shape index (κ2) is 8.51. The Bertz CT molecular complexity index is 2270. The summed E-state index contributed by atoms with van der Waals surface area (Å²) in [4.78, 5) is 4.93. The molecule has 190 valence electrons. The van der Waals surface area contributed by atoms with Crippen molar-refractivity contribution in [1.29, 1.82) is 0 Å². The molecule has 0 bridgehead atoms. The number of fused-ring (bicyclic) bond motifs is 12. The summed E-state index contributed by atoms with van der Waals surface area (Å²) in [6.07, 6.45) is 1.95. The lowest BCUT2D eigenvalue weighted by atomic mass is 9.80. The van der Waals surface area contributed by atoms with E-state index in [4.69, 9.17) is 4.98 Å². The maximum atomic E-state index is 4.93. The molecule has 0 N–H and O–H groups in total. The van der Waals surface area contributed by atoms with Crippen molar-refractivity contribution in [3.63, 3.8) is 0 Å². The molecule has 2 heterocycles. The molecule has 0 fully saturated rings. The fourth-order valence-corrected chi connectivity index (χ4v) is 6.86. The van der Waals surface area contributed by atoms with Crippen LogP contribution in [0.15, 0.2) is 146 Å². The van der Waals surface area contributed by atoms with E-state index in [-0.39, 0.29) is 0 Å². The summed E-state index contributed by atoms with van der Waals surface area (Å²) in [7, 11) is 0. The van der Waals surface area contributed by atoms with Crippen molar-refractivity contribution in [1.82, 2.24) is 9.55 Å². The van der Waals surface area contributed by atoms with Gasteiger partial charge in [0.05, 0.1) is 22.2 Å². The molecule has 41 heavy (non-hydrogen) atoms. The van der Waals surface area contributed by atoms with Crippen molar-refractivity contribution in [3.05, 3.63) is 146 Å². The van der Waals surface area contributed by atoms with Crippen LogP contribution in [0.5, 0.6) is 0 Å². The summed E-state index contributed by atoms with van der Waals surface area (Å²) in [5.74, 6) is 0. The Morgan fingerprint density at radius 3 is 1.29 bits per heavy atom. The number of hydrogen-bond acceptors (Lipinski definition) is 1.